The van der Waals surface area contributed by atoms with Gasteiger partial charge in [-0.05, 0) is 37.1 Å². The van der Waals surface area contributed by atoms with Crippen LogP contribution < -0.4 is 5.32 Å². The van der Waals surface area contributed by atoms with Crippen LogP contribution in [-0.2, 0) is 13.1 Å². The Bertz CT molecular complexity index is 1080. The molecule has 5 nitrogen and oxygen atoms in total. The lowest BCUT2D eigenvalue weighted by molar-refractivity contribution is 0.0942. The zero-order valence-corrected chi connectivity index (χ0v) is 15.4. The van der Waals surface area contributed by atoms with Gasteiger partial charge in [-0.25, -0.2) is 0 Å². The van der Waals surface area contributed by atoms with E-state index in [1.807, 2.05) is 35.8 Å². The number of amides is 1. The molecule has 0 aliphatic heterocycles. The molecule has 27 heavy (non-hydrogen) atoms. The number of fused-ring (bicyclic) bond motifs is 1. The highest BCUT2D eigenvalue weighted by Crippen LogP contribution is 2.25. The molecule has 0 saturated carbocycles. The second-order valence-corrected chi connectivity index (χ2v) is 6.75. The van der Waals surface area contributed by atoms with Crippen LogP contribution in [-0.4, -0.2) is 15.5 Å². The number of rotatable bonds is 5. The second-order valence-electron chi connectivity index (χ2n) is 6.75. The molecular weight excluding hydrogens is 338 g/mol. The minimum atomic E-state index is -0.122. The number of carbonyl (C=O) groups is 1. The molecular formula is C22H21N3O2. The van der Waals surface area contributed by atoms with Gasteiger partial charge in [-0.3, -0.25) is 9.78 Å². The number of pyridine rings is 1. The Morgan fingerprint density at radius 3 is 2.52 bits per heavy atom. The number of hydrogen-bond acceptors (Lipinski definition) is 3. The molecule has 136 valence electrons. The summed E-state index contributed by atoms with van der Waals surface area (Å²) in [4.78, 5) is 16.8. The van der Waals surface area contributed by atoms with Gasteiger partial charge in [0.05, 0.1) is 5.52 Å². The van der Waals surface area contributed by atoms with E-state index in [0.717, 1.165) is 28.0 Å². The van der Waals surface area contributed by atoms with Crippen LogP contribution in [0.5, 0.6) is 0 Å². The van der Waals surface area contributed by atoms with Gasteiger partial charge in [0.15, 0.2) is 5.58 Å². The summed E-state index contributed by atoms with van der Waals surface area (Å²) >= 11 is 0. The van der Waals surface area contributed by atoms with E-state index in [4.69, 9.17) is 4.42 Å². The maximum absolute atomic E-state index is 12.8. The fourth-order valence-corrected chi connectivity index (χ4v) is 3.17. The van der Waals surface area contributed by atoms with Crippen LogP contribution in [0.15, 0.2) is 65.3 Å². The summed E-state index contributed by atoms with van der Waals surface area (Å²) in [5.41, 5.74) is 5.62. The predicted molar refractivity (Wildman–Crippen MR) is 105 cm³/mol. The van der Waals surface area contributed by atoms with Gasteiger partial charge in [0.2, 0.25) is 0 Å². The van der Waals surface area contributed by atoms with Crippen LogP contribution in [0.1, 0.15) is 32.9 Å². The van der Waals surface area contributed by atoms with Gasteiger partial charge in [-0.1, -0.05) is 29.8 Å². The van der Waals surface area contributed by atoms with Crippen molar-refractivity contribution in [3.63, 3.8) is 0 Å². The summed E-state index contributed by atoms with van der Waals surface area (Å²) < 4.78 is 7.76. The number of furan rings is 1. The molecule has 0 aliphatic carbocycles. The maximum atomic E-state index is 12.8. The number of hydrogen-bond donors (Lipinski definition) is 1. The van der Waals surface area contributed by atoms with Crippen molar-refractivity contribution in [2.45, 2.75) is 26.9 Å². The Hall–Kier alpha value is -3.34. The van der Waals surface area contributed by atoms with E-state index in [-0.39, 0.29) is 5.91 Å². The quantitative estimate of drug-likeness (QED) is 0.580. The molecule has 3 heterocycles. The highest BCUT2D eigenvalue weighted by molar-refractivity contribution is 5.97. The average Bonchev–Trinajstić information content (AvgIpc) is 3.19. The van der Waals surface area contributed by atoms with E-state index in [9.17, 15) is 4.79 Å². The van der Waals surface area contributed by atoms with Gasteiger partial charge in [-0.2, -0.15) is 0 Å². The summed E-state index contributed by atoms with van der Waals surface area (Å²) in [6.07, 6.45) is 3.44. The van der Waals surface area contributed by atoms with Crippen molar-refractivity contribution in [2.75, 3.05) is 0 Å². The zero-order valence-electron chi connectivity index (χ0n) is 15.4. The van der Waals surface area contributed by atoms with Crippen molar-refractivity contribution >= 4 is 17.0 Å². The second kappa shape index (κ2) is 7.11. The Morgan fingerprint density at radius 2 is 1.78 bits per heavy atom. The number of aromatic nitrogens is 2. The summed E-state index contributed by atoms with van der Waals surface area (Å²) in [6.45, 7) is 5.05. The van der Waals surface area contributed by atoms with E-state index in [0.29, 0.717) is 18.8 Å². The highest BCUT2D eigenvalue weighted by Gasteiger charge is 2.18. The number of carbonyl (C=O) groups excluding carboxylic acids is 1. The summed E-state index contributed by atoms with van der Waals surface area (Å²) in [6, 6.07) is 15.9. The summed E-state index contributed by atoms with van der Waals surface area (Å²) in [5, 5.41) is 2.99. The van der Waals surface area contributed by atoms with E-state index < -0.39 is 0 Å². The highest BCUT2D eigenvalue weighted by atomic mass is 16.3. The third-order valence-electron chi connectivity index (χ3n) is 4.61. The molecule has 1 aromatic carbocycles. The molecule has 5 heteroatoms. The SMILES string of the molecule is Cc1ccc(Cn2c(C(=O)NCc3ccncc3)cc3oc(C)cc32)cc1. The van der Waals surface area contributed by atoms with Gasteiger partial charge in [-0.15, -0.1) is 0 Å². The van der Waals surface area contributed by atoms with Crippen molar-refractivity contribution in [1.29, 1.82) is 0 Å². The minimum Gasteiger partial charge on any atom is -0.460 e. The molecule has 0 bridgehead atoms. The van der Waals surface area contributed by atoms with Crippen molar-refractivity contribution in [2.24, 2.45) is 0 Å². The normalized spacial score (nSPS) is 11.0. The third kappa shape index (κ3) is 3.62. The molecule has 0 spiro atoms. The van der Waals surface area contributed by atoms with E-state index >= 15 is 0 Å². The Kier molecular flexibility index (Phi) is 4.50. The molecule has 0 atom stereocenters. The lowest BCUT2D eigenvalue weighted by atomic mass is 10.1. The van der Waals surface area contributed by atoms with E-state index in [2.05, 4.69) is 41.5 Å². The first-order valence-corrected chi connectivity index (χ1v) is 8.92. The Morgan fingerprint density at radius 1 is 1.04 bits per heavy atom. The topological polar surface area (TPSA) is 60.1 Å². The van der Waals surface area contributed by atoms with E-state index in [1.165, 1.54) is 5.56 Å². The summed E-state index contributed by atoms with van der Waals surface area (Å²) in [5.74, 6) is 0.712. The first-order chi connectivity index (χ1) is 13.1. The van der Waals surface area contributed by atoms with Crippen molar-refractivity contribution in [3.05, 3.63) is 89.1 Å². The number of nitrogens with one attached hydrogen (secondary N) is 1. The molecule has 3 aromatic heterocycles. The minimum absolute atomic E-state index is 0.122. The van der Waals surface area contributed by atoms with Crippen LogP contribution in [0.4, 0.5) is 0 Å². The standard InChI is InChI=1S/C22H21N3O2/c1-15-3-5-18(6-4-15)14-25-19-11-16(2)27-21(19)12-20(25)22(26)24-13-17-7-9-23-10-8-17/h3-12H,13-14H2,1-2H3,(H,24,26). The van der Waals surface area contributed by atoms with Crippen LogP contribution in [0.25, 0.3) is 11.1 Å². The third-order valence-corrected chi connectivity index (χ3v) is 4.61. The first kappa shape index (κ1) is 17.1. The molecule has 0 radical (unpaired) electrons. The van der Waals surface area contributed by atoms with Gasteiger partial charge < -0.3 is 14.3 Å². The number of aryl methyl sites for hydroxylation is 2. The molecule has 1 N–H and O–H groups in total. The molecule has 4 rings (SSSR count). The molecule has 0 saturated heterocycles. The average molecular weight is 359 g/mol. The molecule has 0 unspecified atom stereocenters. The van der Waals surface area contributed by atoms with Crippen LogP contribution in [0.2, 0.25) is 0 Å². The zero-order chi connectivity index (χ0) is 18.8. The molecule has 1 amide bonds. The maximum Gasteiger partial charge on any atom is 0.268 e. The summed E-state index contributed by atoms with van der Waals surface area (Å²) in [7, 11) is 0. The fraction of sp³-hybridized carbons (Fsp3) is 0.182. The first-order valence-electron chi connectivity index (χ1n) is 8.92. The van der Waals surface area contributed by atoms with Crippen molar-refractivity contribution < 1.29 is 9.21 Å². The lowest BCUT2D eigenvalue weighted by Gasteiger charge is -2.11. The van der Waals surface area contributed by atoms with Crippen molar-refractivity contribution in [1.82, 2.24) is 14.9 Å². The predicted octanol–water partition coefficient (Wildman–Crippen LogP) is 4.22. The molecule has 0 fully saturated rings. The Labute approximate surface area is 157 Å². The molecule has 4 aromatic rings. The number of benzene rings is 1. The van der Waals surface area contributed by atoms with E-state index in [1.54, 1.807) is 12.4 Å². The molecule has 0 aliphatic rings. The number of nitrogens with zero attached hydrogens (tertiary/aromatic N) is 2. The van der Waals surface area contributed by atoms with Crippen LogP contribution in [0.3, 0.4) is 0 Å². The fourth-order valence-electron chi connectivity index (χ4n) is 3.17. The van der Waals surface area contributed by atoms with Crippen LogP contribution in [0, 0.1) is 13.8 Å². The van der Waals surface area contributed by atoms with Gasteiger partial charge in [0, 0.05) is 37.6 Å². The largest absolute Gasteiger partial charge is 0.460 e. The van der Waals surface area contributed by atoms with Crippen molar-refractivity contribution in [3.8, 4) is 0 Å². The van der Waals surface area contributed by atoms with Gasteiger partial charge in [0.25, 0.3) is 5.91 Å². The van der Waals surface area contributed by atoms with Gasteiger partial charge in [0.1, 0.15) is 11.5 Å². The van der Waals surface area contributed by atoms with Crippen LogP contribution >= 0.6 is 0 Å². The monoisotopic (exact) mass is 359 g/mol. The smallest absolute Gasteiger partial charge is 0.268 e. The lowest BCUT2D eigenvalue weighted by Crippen LogP contribution is -2.25. The Balaban J connectivity index is 1.64. The van der Waals surface area contributed by atoms with Gasteiger partial charge >= 0.3 is 0 Å².